The smallest absolute Gasteiger partial charge is 0.264 e. The van der Waals surface area contributed by atoms with Gasteiger partial charge in [0.15, 0.2) is 5.17 Å². The first-order valence-electron chi connectivity index (χ1n) is 9.91. The van der Waals surface area contributed by atoms with Crippen LogP contribution in [0, 0.1) is 6.92 Å². The Kier molecular flexibility index (Phi) is 5.90. The lowest BCUT2D eigenvalue weighted by Gasteiger charge is -2.30. The number of methoxy groups -OCH3 is 1. The normalized spacial score (nSPS) is 19.7. The lowest BCUT2D eigenvalue weighted by Crippen LogP contribution is -2.29. The maximum atomic E-state index is 12.4. The average molecular weight is 408 g/mol. The summed E-state index contributed by atoms with van der Waals surface area (Å²) in [6, 6.07) is 13.9. The van der Waals surface area contributed by atoms with Gasteiger partial charge in [0.1, 0.15) is 5.75 Å². The zero-order chi connectivity index (χ0) is 20.2. The van der Waals surface area contributed by atoms with Crippen LogP contribution in [-0.2, 0) is 4.79 Å². The molecule has 150 valence electrons. The first-order valence-corrected chi connectivity index (χ1v) is 10.7. The minimum atomic E-state index is -0.111. The van der Waals surface area contributed by atoms with Crippen molar-refractivity contribution in [1.82, 2.24) is 5.32 Å². The minimum absolute atomic E-state index is 0.111. The predicted molar refractivity (Wildman–Crippen MR) is 121 cm³/mol. The lowest BCUT2D eigenvalue weighted by atomic mass is 10.1. The highest BCUT2D eigenvalue weighted by Crippen LogP contribution is 2.30. The number of anilines is 1. The fraction of sp³-hybridized carbons (Fsp3) is 0.304. The molecule has 0 atom stereocenters. The Balaban J connectivity index is 1.49. The van der Waals surface area contributed by atoms with Crippen molar-refractivity contribution < 1.29 is 9.53 Å². The van der Waals surface area contributed by atoms with Crippen LogP contribution in [0.5, 0.6) is 5.75 Å². The Morgan fingerprint density at radius 1 is 1.10 bits per heavy atom. The van der Waals surface area contributed by atoms with Gasteiger partial charge in [-0.05, 0) is 91.5 Å². The molecule has 1 amide bonds. The molecule has 2 fully saturated rings. The first-order chi connectivity index (χ1) is 14.1. The van der Waals surface area contributed by atoms with E-state index in [1.54, 1.807) is 7.11 Å². The van der Waals surface area contributed by atoms with Crippen molar-refractivity contribution in [2.24, 2.45) is 4.99 Å². The number of thioether (sulfide) groups is 1. The quantitative estimate of drug-likeness (QED) is 0.734. The number of aliphatic imine (C=N–C) groups is 1. The predicted octanol–water partition coefficient (Wildman–Crippen LogP) is 4.89. The number of hydrogen-bond acceptors (Lipinski definition) is 5. The van der Waals surface area contributed by atoms with Gasteiger partial charge in [-0.2, -0.15) is 0 Å². The molecule has 1 N–H and O–H groups in total. The van der Waals surface area contributed by atoms with Gasteiger partial charge in [-0.15, -0.1) is 0 Å². The van der Waals surface area contributed by atoms with Gasteiger partial charge in [0.2, 0.25) is 0 Å². The summed E-state index contributed by atoms with van der Waals surface area (Å²) in [6.45, 7) is 4.40. The van der Waals surface area contributed by atoms with Crippen molar-refractivity contribution >= 4 is 40.3 Å². The SMILES string of the molecule is COc1ccc(N=C2NC(=O)C(=Cc3ccc(N4CCCCC4)c(C)c3)S2)cc1. The number of ether oxygens (including phenoxy) is 1. The molecule has 2 aliphatic heterocycles. The van der Waals surface area contributed by atoms with Crippen LogP contribution in [-0.4, -0.2) is 31.3 Å². The van der Waals surface area contributed by atoms with Crippen LogP contribution in [0.2, 0.25) is 0 Å². The minimum Gasteiger partial charge on any atom is -0.497 e. The van der Waals surface area contributed by atoms with E-state index in [0.29, 0.717) is 10.1 Å². The topological polar surface area (TPSA) is 53.9 Å². The maximum Gasteiger partial charge on any atom is 0.264 e. The largest absolute Gasteiger partial charge is 0.497 e. The van der Waals surface area contributed by atoms with Gasteiger partial charge in [-0.3, -0.25) is 4.79 Å². The van der Waals surface area contributed by atoms with Crippen LogP contribution in [0.15, 0.2) is 52.4 Å². The van der Waals surface area contributed by atoms with Crippen molar-refractivity contribution in [3.8, 4) is 5.75 Å². The number of carbonyl (C=O) groups is 1. The second kappa shape index (κ2) is 8.74. The van der Waals surface area contributed by atoms with Gasteiger partial charge >= 0.3 is 0 Å². The van der Waals surface area contributed by atoms with Crippen molar-refractivity contribution in [3.05, 3.63) is 58.5 Å². The number of amidine groups is 1. The average Bonchev–Trinajstić information content (AvgIpc) is 3.08. The molecule has 2 heterocycles. The fourth-order valence-corrected chi connectivity index (χ4v) is 4.51. The summed E-state index contributed by atoms with van der Waals surface area (Å²) in [5.41, 5.74) is 4.36. The third kappa shape index (κ3) is 4.65. The number of nitrogens with zero attached hydrogens (tertiary/aromatic N) is 2. The lowest BCUT2D eigenvalue weighted by molar-refractivity contribution is -0.115. The monoisotopic (exact) mass is 407 g/mol. The molecule has 4 rings (SSSR count). The van der Waals surface area contributed by atoms with Crippen LogP contribution in [0.4, 0.5) is 11.4 Å². The Hall–Kier alpha value is -2.73. The van der Waals surface area contributed by atoms with Gasteiger partial charge in [0.05, 0.1) is 17.7 Å². The molecule has 29 heavy (non-hydrogen) atoms. The molecule has 0 bridgehead atoms. The second-order valence-corrected chi connectivity index (χ2v) is 8.30. The highest BCUT2D eigenvalue weighted by atomic mass is 32.2. The molecule has 0 aliphatic carbocycles. The van der Waals surface area contributed by atoms with Crippen molar-refractivity contribution in [1.29, 1.82) is 0 Å². The number of nitrogens with one attached hydrogen (secondary N) is 1. The van der Waals surface area contributed by atoms with E-state index in [9.17, 15) is 4.79 Å². The Labute approximate surface area is 175 Å². The van der Waals surface area contributed by atoms with Crippen LogP contribution in [0.3, 0.4) is 0 Å². The van der Waals surface area contributed by atoms with Crippen molar-refractivity contribution in [2.45, 2.75) is 26.2 Å². The van der Waals surface area contributed by atoms with Gasteiger partial charge in [-0.25, -0.2) is 4.99 Å². The van der Waals surface area contributed by atoms with E-state index >= 15 is 0 Å². The standard InChI is InChI=1S/C23H25N3O2S/c1-16-14-17(6-11-20(16)26-12-4-3-5-13-26)15-21-22(27)25-23(29-21)24-18-7-9-19(28-2)10-8-18/h6-11,14-15H,3-5,12-13H2,1-2H3,(H,24,25,27). The van der Waals surface area contributed by atoms with E-state index in [1.165, 1.54) is 42.3 Å². The summed E-state index contributed by atoms with van der Waals surface area (Å²) >= 11 is 1.37. The van der Waals surface area contributed by atoms with Gasteiger partial charge in [-0.1, -0.05) is 6.07 Å². The molecule has 0 aromatic heterocycles. The van der Waals surface area contributed by atoms with Crippen LogP contribution in [0.25, 0.3) is 6.08 Å². The number of hydrogen-bond donors (Lipinski definition) is 1. The van der Waals surface area contributed by atoms with Crippen LogP contribution < -0.4 is 15.0 Å². The number of aryl methyl sites for hydroxylation is 1. The molecule has 5 nitrogen and oxygen atoms in total. The zero-order valence-electron chi connectivity index (χ0n) is 16.8. The molecule has 0 spiro atoms. The summed E-state index contributed by atoms with van der Waals surface area (Å²) in [5.74, 6) is 0.668. The van der Waals surface area contributed by atoms with E-state index in [0.717, 1.165) is 30.1 Å². The molecule has 0 radical (unpaired) electrons. The summed E-state index contributed by atoms with van der Waals surface area (Å²) < 4.78 is 5.16. The third-order valence-electron chi connectivity index (χ3n) is 5.17. The highest BCUT2D eigenvalue weighted by Gasteiger charge is 2.24. The molecule has 2 aromatic carbocycles. The molecule has 2 saturated heterocycles. The van der Waals surface area contributed by atoms with Crippen LogP contribution in [0.1, 0.15) is 30.4 Å². The highest BCUT2D eigenvalue weighted by molar-refractivity contribution is 8.18. The van der Waals surface area contributed by atoms with Gasteiger partial charge in [0.25, 0.3) is 5.91 Å². The molecule has 0 unspecified atom stereocenters. The second-order valence-electron chi connectivity index (χ2n) is 7.27. The van der Waals surface area contributed by atoms with Crippen molar-refractivity contribution in [3.63, 3.8) is 0 Å². The number of piperidine rings is 1. The summed E-state index contributed by atoms with van der Waals surface area (Å²) in [5, 5.41) is 3.44. The maximum absolute atomic E-state index is 12.4. The number of carbonyl (C=O) groups excluding carboxylic acids is 1. The Bertz CT molecular complexity index is 961. The number of benzene rings is 2. The van der Waals surface area contributed by atoms with E-state index in [2.05, 4.69) is 40.3 Å². The van der Waals surface area contributed by atoms with E-state index in [1.807, 2.05) is 30.3 Å². The molecule has 6 heteroatoms. The van der Waals surface area contributed by atoms with Crippen molar-refractivity contribution in [2.75, 3.05) is 25.1 Å². The van der Waals surface area contributed by atoms with E-state index in [-0.39, 0.29) is 5.91 Å². The zero-order valence-corrected chi connectivity index (χ0v) is 17.6. The number of rotatable bonds is 4. The molecule has 0 saturated carbocycles. The van der Waals surface area contributed by atoms with Gasteiger partial charge in [0, 0.05) is 18.8 Å². The first kappa shape index (κ1) is 19.6. The summed E-state index contributed by atoms with van der Waals surface area (Å²) in [6.07, 6.45) is 5.78. The summed E-state index contributed by atoms with van der Waals surface area (Å²) in [4.78, 5) is 20.0. The number of amides is 1. The van der Waals surface area contributed by atoms with Gasteiger partial charge < -0.3 is 15.0 Å². The molecular formula is C23H25N3O2S. The Morgan fingerprint density at radius 3 is 2.55 bits per heavy atom. The summed E-state index contributed by atoms with van der Waals surface area (Å²) in [7, 11) is 1.63. The van der Waals surface area contributed by atoms with E-state index in [4.69, 9.17) is 4.74 Å². The third-order valence-corrected chi connectivity index (χ3v) is 6.08. The van der Waals surface area contributed by atoms with E-state index < -0.39 is 0 Å². The molecule has 2 aliphatic rings. The fourth-order valence-electron chi connectivity index (χ4n) is 3.66. The van der Waals surface area contributed by atoms with Crippen LogP contribution >= 0.6 is 11.8 Å². The Morgan fingerprint density at radius 2 is 1.86 bits per heavy atom. The molecular weight excluding hydrogens is 382 g/mol. The molecule has 2 aromatic rings.